The van der Waals surface area contributed by atoms with Gasteiger partial charge in [0.1, 0.15) is 0 Å². The zero-order chi connectivity index (χ0) is 29.7. The molecule has 0 bridgehead atoms. The third-order valence-corrected chi connectivity index (χ3v) is 9.50. The van der Waals surface area contributed by atoms with Gasteiger partial charge in [-0.1, -0.05) is 115 Å². The molecule has 4 nitrogen and oxygen atoms in total. The van der Waals surface area contributed by atoms with Gasteiger partial charge in [0.15, 0.2) is 5.82 Å². The normalized spacial score (nSPS) is 11.6. The van der Waals surface area contributed by atoms with Crippen molar-refractivity contribution in [1.29, 1.82) is 0 Å². The molecule has 4 heterocycles. The van der Waals surface area contributed by atoms with Crippen LogP contribution >= 0.6 is 11.3 Å². The van der Waals surface area contributed by atoms with Crippen molar-refractivity contribution in [3.05, 3.63) is 146 Å². The van der Waals surface area contributed by atoms with Crippen molar-refractivity contribution in [2.75, 3.05) is 0 Å². The second-order valence-corrected chi connectivity index (χ2v) is 12.1. The van der Waals surface area contributed by atoms with Gasteiger partial charge in [0.05, 0.1) is 32.8 Å². The van der Waals surface area contributed by atoms with Gasteiger partial charge in [-0.25, -0.2) is 15.0 Å². The van der Waals surface area contributed by atoms with E-state index in [2.05, 4.69) is 115 Å². The highest BCUT2D eigenvalue weighted by Crippen LogP contribution is 2.40. The van der Waals surface area contributed by atoms with Gasteiger partial charge >= 0.3 is 0 Å². The van der Waals surface area contributed by atoms with E-state index in [9.17, 15) is 0 Å². The highest BCUT2D eigenvalue weighted by molar-refractivity contribution is 7.26. The molecule has 45 heavy (non-hydrogen) atoms. The Bertz CT molecular complexity index is 2540. The fourth-order valence-electron chi connectivity index (χ4n) is 6.15. The van der Waals surface area contributed by atoms with Crippen molar-refractivity contribution in [2.24, 2.45) is 0 Å². The van der Waals surface area contributed by atoms with Crippen molar-refractivity contribution < 1.29 is 0 Å². The topological polar surface area (TPSA) is 51.6 Å². The number of pyridine rings is 2. The molecule has 0 fully saturated rings. The number of nitrogens with zero attached hydrogens (tertiary/aromatic N) is 4. The summed E-state index contributed by atoms with van der Waals surface area (Å²) < 4.78 is 2.30. The number of fused-ring (bicyclic) bond motifs is 6. The van der Waals surface area contributed by atoms with E-state index >= 15 is 0 Å². The zero-order valence-electron chi connectivity index (χ0n) is 24.1. The minimum absolute atomic E-state index is 0.730. The van der Waals surface area contributed by atoms with Crippen molar-refractivity contribution >= 4 is 53.3 Å². The Hall–Kier alpha value is -5.78. The van der Waals surface area contributed by atoms with Gasteiger partial charge in [-0.3, -0.25) is 4.98 Å². The first-order chi connectivity index (χ1) is 22.3. The molecule has 5 heteroatoms. The Kier molecular flexibility index (Phi) is 5.96. The molecule has 0 aliphatic rings. The first-order valence-electron chi connectivity index (χ1n) is 14.9. The third-order valence-electron chi connectivity index (χ3n) is 8.34. The first kappa shape index (κ1) is 25.7. The fraction of sp³-hybridized carbons (Fsp3) is 0. The monoisotopic (exact) mass is 592 g/mol. The molecule has 0 amide bonds. The van der Waals surface area contributed by atoms with Crippen LogP contribution in [0, 0.1) is 0 Å². The van der Waals surface area contributed by atoms with E-state index in [4.69, 9.17) is 19.9 Å². The van der Waals surface area contributed by atoms with E-state index in [-0.39, 0.29) is 0 Å². The second-order valence-electron chi connectivity index (χ2n) is 11.1. The average Bonchev–Trinajstić information content (AvgIpc) is 3.50. The maximum absolute atomic E-state index is 5.15. The highest BCUT2D eigenvalue weighted by atomic mass is 32.1. The van der Waals surface area contributed by atoms with Crippen LogP contribution in [0.1, 0.15) is 0 Å². The lowest BCUT2D eigenvalue weighted by molar-refractivity contribution is 1.24. The standard InChI is InChI=1S/C40H24N4S/c1-2-11-25(12-3-1)40-43-36(39-38(44-40)32-18-7-9-20-35(32)45-39)27-14-10-13-26(23-27)28-21-22-34(41-24-28)37-31-17-5-4-15-29(31)30-16-6-8-19-33(30)42-37/h1-24H. The predicted molar refractivity (Wildman–Crippen MR) is 187 cm³/mol. The maximum Gasteiger partial charge on any atom is 0.160 e. The molecule has 0 radical (unpaired) electrons. The minimum atomic E-state index is 0.730. The third kappa shape index (κ3) is 4.36. The van der Waals surface area contributed by atoms with Gasteiger partial charge in [-0.05, 0) is 35.2 Å². The quantitative estimate of drug-likeness (QED) is 0.191. The van der Waals surface area contributed by atoms with Gasteiger partial charge in [0, 0.05) is 43.7 Å². The molecule has 0 atom stereocenters. The molecule has 0 saturated heterocycles. The highest BCUT2D eigenvalue weighted by Gasteiger charge is 2.17. The van der Waals surface area contributed by atoms with Crippen LogP contribution in [0.5, 0.6) is 0 Å². The molecular formula is C40H24N4S. The number of rotatable bonds is 4. The molecule has 0 saturated carbocycles. The molecule has 9 aromatic rings. The molecule has 5 aromatic carbocycles. The summed E-state index contributed by atoms with van der Waals surface area (Å²) in [5.74, 6) is 0.730. The van der Waals surface area contributed by atoms with Crippen LogP contribution in [-0.2, 0) is 0 Å². The molecule has 4 aromatic heterocycles. The number of hydrogen-bond donors (Lipinski definition) is 0. The summed E-state index contributed by atoms with van der Waals surface area (Å²) >= 11 is 1.75. The van der Waals surface area contributed by atoms with Crippen LogP contribution in [0.4, 0.5) is 0 Å². The van der Waals surface area contributed by atoms with E-state index in [1.54, 1.807) is 11.3 Å². The van der Waals surface area contributed by atoms with Gasteiger partial charge in [0.25, 0.3) is 0 Å². The summed E-state index contributed by atoms with van der Waals surface area (Å²) in [4.78, 5) is 20.2. The zero-order valence-corrected chi connectivity index (χ0v) is 24.9. The van der Waals surface area contributed by atoms with Gasteiger partial charge in [-0.2, -0.15) is 0 Å². The lowest BCUT2D eigenvalue weighted by Crippen LogP contribution is -1.94. The molecule has 0 aliphatic heterocycles. The fourth-order valence-corrected chi connectivity index (χ4v) is 7.31. The van der Waals surface area contributed by atoms with E-state index in [0.29, 0.717) is 0 Å². The van der Waals surface area contributed by atoms with Gasteiger partial charge in [0.2, 0.25) is 0 Å². The molecule has 0 spiro atoms. The van der Waals surface area contributed by atoms with Crippen LogP contribution in [0.2, 0.25) is 0 Å². The Morgan fingerprint density at radius 3 is 2.00 bits per heavy atom. The second kappa shape index (κ2) is 10.4. The van der Waals surface area contributed by atoms with Crippen molar-refractivity contribution in [3.8, 4) is 45.2 Å². The lowest BCUT2D eigenvalue weighted by Gasteiger charge is -2.11. The van der Waals surface area contributed by atoms with E-state index in [0.717, 1.165) is 77.1 Å². The number of para-hydroxylation sites is 1. The summed E-state index contributed by atoms with van der Waals surface area (Å²) in [5.41, 5.74) is 8.82. The Balaban J connectivity index is 1.16. The number of benzene rings is 5. The van der Waals surface area contributed by atoms with E-state index in [1.165, 1.54) is 10.1 Å². The van der Waals surface area contributed by atoms with Crippen molar-refractivity contribution in [1.82, 2.24) is 19.9 Å². The molecule has 0 N–H and O–H groups in total. The molecular weight excluding hydrogens is 569 g/mol. The van der Waals surface area contributed by atoms with Crippen LogP contribution < -0.4 is 0 Å². The van der Waals surface area contributed by atoms with Crippen LogP contribution in [0.15, 0.2) is 146 Å². The SMILES string of the molecule is c1ccc(-c2nc(-c3cccc(-c4ccc(-c5nc6ccccc6c6ccccc56)nc4)c3)c3sc4ccccc4c3n2)cc1. The largest absolute Gasteiger partial charge is 0.254 e. The summed E-state index contributed by atoms with van der Waals surface area (Å²) in [6.07, 6.45) is 1.95. The predicted octanol–water partition coefficient (Wildman–Crippen LogP) is 10.6. The Morgan fingerprint density at radius 1 is 0.444 bits per heavy atom. The summed E-state index contributed by atoms with van der Waals surface area (Å²) in [6, 6.07) is 48.2. The Morgan fingerprint density at radius 2 is 1.16 bits per heavy atom. The lowest BCUT2D eigenvalue weighted by atomic mass is 10.0. The number of aromatic nitrogens is 4. The van der Waals surface area contributed by atoms with Gasteiger partial charge < -0.3 is 0 Å². The smallest absolute Gasteiger partial charge is 0.160 e. The number of hydrogen-bond acceptors (Lipinski definition) is 5. The van der Waals surface area contributed by atoms with Crippen LogP contribution in [0.3, 0.4) is 0 Å². The maximum atomic E-state index is 5.15. The number of thiophene rings is 1. The van der Waals surface area contributed by atoms with Crippen LogP contribution in [0.25, 0.3) is 87.1 Å². The summed E-state index contributed by atoms with van der Waals surface area (Å²) in [7, 11) is 0. The molecule has 9 rings (SSSR count). The molecule has 210 valence electrons. The van der Waals surface area contributed by atoms with Crippen molar-refractivity contribution in [3.63, 3.8) is 0 Å². The van der Waals surface area contributed by atoms with Crippen LogP contribution in [-0.4, -0.2) is 19.9 Å². The summed E-state index contributed by atoms with van der Waals surface area (Å²) in [6.45, 7) is 0. The molecule has 0 unspecified atom stereocenters. The Labute approximate surface area is 263 Å². The minimum Gasteiger partial charge on any atom is -0.254 e. The van der Waals surface area contributed by atoms with Crippen molar-refractivity contribution in [2.45, 2.75) is 0 Å². The van der Waals surface area contributed by atoms with E-state index < -0.39 is 0 Å². The van der Waals surface area contributed by atoms with E-state index in [1.807, 2.05) is 30.5 Å². The summed E-state index contributed by atoms with van der Waals surface area (Å²) in [5, 5.41) is 4.59. The van der Waals surface area contributed by atoms with Gasteiger partial charge in [-0.15, -0.1) is 11.3 Å². The average molecular weight is 593 g/mol. The molecule has 0 aliphatic carbocycles. The first-order valence-corrected chi connectivity index (χ1v) is 15.7.